The van der Waals surface area contributed by atoms with E-state index >= 15 is 0 Å². The van der Waals surface area contributed by atoms with Crippen molar-refractivity contribution in [3.05, 3.63) is 36.2 Å². The van der Waals surface area contributed by atoms with E-state index in [4.69, 9.17) is 0 Å². The highest BCUT2D eigenvalue weighted by atomic mass is 32.2. The molecule has 2 aromatic rings. The molecule has 0 aliphatic carbocycles. The van der Waals surface area contributed by atoms with Crippen molar-refractivity contribution in [1.82, 2.24) is 24.8 Å². The summed E-state index contributed by atoms with van der Waals surface area (Å²) in [6.07, 6.45) is 2.36. The van der Waals surface area contributed by atoms with E-state index in [0.717, 1.165) is 10.7 Å². The Hall–Kier alpha value is -1.91. The van der Waals surface area contributed by atoms with Crippen LogP contribution >= 0.6 is 11.8 Å². The lowest BCUT2D eigenvalue weighted by molar-refractivity contribution is -0.120. The normalized spacial score (nSPS) is 11.7. The Morgan fingerprint density at radius 2 is 1.93 bits per heavy atom. The van der Waals surface area contributed by atoms with Crippen molar-refractivity contribution in [3.63, 3.8) is 0 Å². The van der Waals surface area contributed by atoms with E-state index in [2.05, 4.69) is 20.5 Å². The number of benzene rings is 1. The summed E-state index contributed by atoms with van der Waals surface area (Å²) in [6.45, 7) is 5.06. The fourth-order valence-electron chi connectivity index (χ4n) is 2.49. The van der Waals surface area contributed by atoms with Crippen molar-refractivity contribution in [3.8, 4) is 0 Å². The fourth-order valence-corrected chi connectivity index (χ4v) is 4.58. The number of aromatic amines is 1. The Labute approximate surface area is 164 Å². The highest BCUT2D eigenvalue weighted by molar-refractivity contribution is 7.99. The van der Waals surface area contributed by atoms with E-state index in [1.54, 1.807) is 24.3 Å². The van der Waals surface area contributed by atoms with Crippen LogP contribution in [0.4, 0.5) is 0 Å². The first-order valence-electron chi connectivity index (χ1n) is 8.81. The van der Waals surface area contributed by atoms with Gasteiger partial charge in [0.05, 0.1) is 4.90 Å². The van der Waals surface area contributed by atoms with Crippen molar-refractivity contribution in [2.24, 2.45) is 0 Å². The van der Waals surface area contributed by atoms with Crippen LogP contribution in [0.2, 0.25) is 0 Å². The smallest absolute Gasteiger partial charge is 0.243 e. The Bertz CT molecular complexity index is 804. The van der Waals surface area contributed by atoms with Crippen molar-refractivity contribution in [1.29, 1.82) is 0 Å². The molecule has 1 heterocycles. The number of sulfonamides is 1. The Morgan fingerprint density at radius 1 is 1.22 bits per heavy atom. The summed E-state index contributed by atoms with van der Waals surface area (Å²) in [7, 11) is -3.44. The maximum atomic E-state index is 12.5. The van der Waals surface area contributed by atoms with Gasteiger partial charge in [0.1, 0.15) is 6.33 Å². The molecule has 8 nitrogen and oxygen atoms in total. The van der Waals surface area contributed by atoms with Crippen LogP contribution in [0.15, 0.2) is 40.6 Å². The standard InChI is InChI=1S/C17H25N5O3S2/c1-3-22(4-2)27(24,25)15-8-5-14(6-9-15)7-10-16(23)18-11-12-26-17-19-13-20-21-17/h5-6,8-9,13H,3-4,7,10-12H2,1-2H3,(H,18,23)(H,19,20,21). The molecule has 2 rings (SSSR count). The molecule has 0 saturated heterocycles. The van der Waals surface area contributed by atoms with Crippen molar-refractivity contribution < 1.29 is 13.2 Å². The number of amides is 1. The molecule has 2 N–H and O–H groups in total. The third kappa shape index (κ3) is 6.33. The molecule has 1 aromatic carbocycles. The maximum Gasteiger partial charge on any atom is 0.243 e. The summed E-state index contributed by atoms with van der Waals surface area (Å²) < 4.78 is 26.3. The molecule has 0 bridgehead atoms. The molecule has 1 amide bonds. The highest BCUT2D eigenvalue weighted by Gasteiger charge is 2.21. The molecule has 0 unspecified atom stereocenters. The molecular weight excluding hydrogens is 386 g/mol. The van der Waals surface area contributed by atoms with Crippen LogP contribution in [0, 0.1) is 0 Å². The summed E-state index contributed by atoms with van der Waals surface area (Å²) in [4.78, 5) is 16.2. The van der Waals surface area contributed by atoms with Crippen LogP contribution in [0.3, 0.4) is 0 Å². The second-order valence-electron chi connectivity index (χ2n) is 5.72. The first-order valence-corrected chi connectivity index (χ1v) is 11.2. The van der Waals surface area contributed by atoms with E-state index in [1.807, 2.05) is 13.8 Å². The topological polar surface area (TPSA) is 108 Å². The minimum absolute atomic E-state index is 0.0343. The number of carbonyl (C=O) groups is 1. The van der Waals surface area contributed by atoms with Crippen LogP contribution < -0.4 is 5.32 Å². The number of carbonyl (C=O) groups excluding carboxylic acids is 1. The number of nitrogens with zero attached hydrogens (tertiary/aromatic N) is 3. The third-order valence-electron chi connectivity index (χ3n) is 3.96. The molecule has 0 atom stereocenters. The van der Waals surface area contributed by atoms with Gasteiger partial charge in [-0.05, 0) is 24.1 Å². The molecule has 1 aromatic heterocycles. The second kappa shape index (κ2) is 10.4. The first kappa shape index (κ1) is 21.4. The summed E-state index contributed by atoms with van der Waals surface area (Å²) in [5.41, 5.74) is 0.930. The molecule has 0 radical (unpaired) electrons. The van der Waals surface area contributed by atoms with Gasteiger partial charge in [-0.25, -0.2) is 13.4 Å². The van der Waals surface area contributed by atoms with Crippen LogP contribution in [0.5, 0.6) is 0 Å². The van der Waals surface area contributed by atoms with Crippen molar-refractivity contribution in [2.75, 3.05) is 25.4 Å². The summed E-state index contributed by atoms with van der Waals surface area (Å²) in [5.74, 6) is 0.673. The summed E-state index contributed by atoms with van der Waals surface area (Å²) in [5, 5.41) is 10.1. The van der Waals surface area contributed by atoms with Crippen molar-refractivity contribution in [2.45, 2.75) is 36.7 Å². The minimum atomic E-state index is -3.44. The Morgan fingerprint density at radius 3 is 2.52 bits per heavy atom. The molecule has 27 heavy (non-hydrogen) atoms. The molecule has 0 aliphatic heterocycles. The van der Waals surface area contributed by atoms with Crippen LogP contribution in [-0.4, -0.2) is 59.2 Å². The first-order chi connectivity index (χ1) is 13.0. The van der Waals surface area contributed by atoms with Crippen LogP contribution in [0.25, 0.3) is 0 Å². The number of hydrogen-bond donors (Lipinski definition) is 2. The highest BCUT2D eigenvalue weighted by Crippen LogP contribution is 2.17. The predicted octanol–water partition coefficient (Wildman–Crippen LogP) is 1.68. The maximum absolute atomic E-state index is 12.5. The van der Waals surface area contributed by atoms with E-state index in [-0.39, 0.29) is 10.8 Å². The van der Waals surface area contributed by atoms with Crippen LogP contribution in [0.1, 0.15) is 25.8 Å². The molecule has 0 saturated carbocycles. The quantitative estimate of drug-likeness (QED) is 0.430. The van der Waals surface area contributed by atoms with Gasteiger partial charge in [-0.2, -0.15) is 9.40 Å². The Kier molecular flexibility index (Phi) is 8.26. The SMILES string of the molecule is CCN(CC)S(=O)(=O)c1ccc(CCC(=O)NCCSc2ncn[nH]2)cc1. The summed E-state index contributed by atoms with van der Waals surface area (Å²) >= 11 is 1.49. The van der Waals surface area contributed by atoms with Gasteiger partial charge >= 0.3 is 0 Å². The zero-order chi connectivity index (χ0) is 19.7. The van der Waals surface area contributed by atoms with Gasteiger partial charge < -0.3 is 5.32 Å². The zero-order valence-corrected chi connectivity index (χ0v) is 17.1. The molecule has 0 aliphatic rings. The molecule has 0 fully saturated rings. The zero-order valence-electron chi connectivity index (χ0n) is 15.5. The van der Waals surface area contributed by atoms with Crippen LogP contribution in [-0.2, 0) is 21.2 Å². The number of thioether (sulfide) groups is 1. The average molecular weight is 412 g/mol. The lowest BCUT2D eigenvalue weighted by atomic mass is 10.1. The number of H-pyrrole nitrogens is 1. The third-order valence-corrected chi connectivity index (χ3v) is 6.91. The molecule has 10 heteroatoms. The van der Waals surface area contributed by atoms with Gasteiger partial charge in [0, 0.05) is 31.8 Å². The monoisotopic (exact) mass is 411 g/mol. The van der Waals surface area contributed by atoms with Gasteiger partial charge in [-0.3, -0.25) is 9.89 Å². The van der Waals surface area contributed by atoms with Gasteiger partial charge in [0.25, 0.3) is 0 Å². The van der Waals surface area contributed by atoms with E-state index in [9.17, 15) is 13.2 Å². The fraction of sp³-hybridized carbons (Fsp3) is 0.471. The number of nitrogens with one attached hydrogen (secondary N) is 2. The largest absolute Gasteiger partial charge is 0.355 e. The lowest BCUT2D eigenvalue weighted by Gasteiger charge is -2.18. The summed E-state index contributed by atoms with van der Waals surface area (Å²) in [6, 6.07) is 6.75. The van der Waals surface area contributed by atoms with Gasteiger partial charge in [0.2, 0.25) is 15.9 Å². The van der Waals surface area contributed by atoms with E-state index in [0.29, 0.717) is 38.2 Å². The average Bonchev–Trinajstić information content (AvgIpc) is 3.18. The van der Waals surface area contributed by atoms with Crippen molar-refractivity contribution >= 4 is 27.7 Å². The van der Waals surface area contributed by atoms with E-state index in [1.165, 1.54) is 22.4 Å². The van der Waals surface area contributed by atoms with Gasteiger partial charge in [-0.15, -0.1) is 0 Å². The molecule has 148 valence electrons. The number of rotatable bonds is 11. The lowest BCUT2D eigenvalue weighted by Crippen LogP contribution is -2.30. The number of aryl methyl sites for hydroxylation is 1. The van der Waals surface area contributed by atoms with Gasteiger partial charge in [0.15, 0.2) is 5.16 Å². The molecule has 0 spiro atoms. The Balaban J connectivity index is 1.76. The van der Waals surface area contributed by atoms with E-state index < -0.39 is 10.0 Å². The number of aromatic nitrogens is 3. The van der Waals surface area contributed by atoms with Gasteiger partial charge in [-0.1, -0.05) is 37.7 Å². The number of hydrogen-bond acceptors (Lipinski definition) is 6. The molecular formula is C17H25N5O3S2. The predicted molar refractivity (Wildman–Crippen MR) is 105 cm³/mol. The minimum Gasteiger partial charge on any atom is -0.355 e. The second-order valence-corrected chi connectivity index (χ2v) is 8.74.